The maximum Gasteiger partial charge on any atom is 0.119 e. The zero-order valence-corrected chi connectivity index (χ0v) is 16.2. The summed E-state index contributed by atoms with van der Waals surface area (Å²) in [6.45, 7) is 9.61. The summed E-state index contributed by atoms with van der Waals surface area (Å²) in [6, 6.07) is 13.3. The van der Waals surface area contributed by atoms with Crippen molar-refractivity contribution in [2.75, 3.05) is 6.54 Å². The van der Waals surface area contributed by atoms with Crippen LogP contribution in [0, 0.1) is 0 Å². The number of phenols is 2. The number of hydrogen-bond acceptors (Lipinski definition) is 3. The SMILES string of the molecule is CC(C)N(CCC(c1ccccc1O)c1cc(Cl)ccc1O)C(C)C. The van der Waals surface area contributed by atoms with Crippen LogP contribution in [0.15, 0.2) is 42.5 Å². The van der Waals surface area contributed by atoms with Crippen LogP contribution in [0.2, 0.25) is 5.02 Å². The number of hydrogen-bond donors (Lipinski definition) is 2. The highest BCUT2D eigenvalue weighted by Gasteiger charge is 2.23. The van der Waals surface area contributed by atoms with Crippen molar-refractivity contribution in [1.82, 2.24) is 4.90 Å². The van der Waals surface area contributed by atoms with E-state index in [0.717, 1.165) is 24.1 Å². The summed E-state index contributed by atoms with van der Waals surface area (Å²) in [4.78, 5) is 2.41. The first-order valence-electron chi connectivity index (χ1n) is 8.83. The summed E-state index contributed by atoms with van der Waals surface area (Å²) in [5, 5.41) is 21.3. The first-order chi connectivity index (χ1) is 11.8. The Kier molecular flexibility index (Phi) is 6.74. The quantitative estimate of drug-likeness (QED) is 0.694. The third-order valence-electron chi connectivity index (χ3n) is 4.68. The second-order valence-corrected chi connectivity index (χ2v) is 7.46. The van der Waals surface area contributed by atoms with Crippen LogP contribution in [0.25, 0.3) is 0 Å². The highest BCUT2D eigenvalue weighted by molar-refractivity contribution is 6.30. The number of para-hydroxylation sites is 1. The first-order valence-corrected chi connectivity index (χ1v) is 9.21. The van der Waals surface area contributed by atoms with Gasteiger partial charge in [0, 0.05) is 34.2 Å². The van der Waals surface area contributed by atoms with E-state index in [4.69, 9.17) is 11.6 Å². The third kappa shape index (κ3) is 4.90. The highest BCUT2D eigenvalue weighted by atomic mass is 35.5. The van der Waals surface area contributed by atoms with Crippen molar-refractivity contribution in [3.05, 3.63) is 58.6 Å². The van der Waals surface area contributed by atoms with Gasteiger partial charge < -0.3 is 10.2 Å². The van der Waals surface area contributed by atoms with Crippen LogP contribution in [-0.4, -0.2) is 33.7 Å². The molecule has 1 unspecified atom stereocenters. The van der Waals surface area contributed by atoms with Crippen molar-refractivity contribution < 1.29 is 10.2 Å². The van der Waals surface area contributed by atoms with Crippen LogP contribution in [0.3, 0.4) is 0 Å². The molecule has 2 aromatic carbocycles. The van der Waals surface area contributed by atoms with Gasteiger partial charge in [-0.05, 0) is 64.9 Å². The van der Waals surface area contributed by atoms with Crippen LogP contribution in [-0.2, 0) is 0 Å². The zero-order valence-electron chi connectivity index (χ0n) is 15.4. The average molecular weight is 362 g/mol. The Balaban J connectivity index is 2.40. The highest BCUT2D eigenvalue weighted by Crippen LogP contribution is 2.39. The first kappa shape index (κ1) is 19.6. The molecule has 2 aromatic rings. The molecule has 3 nitrogen and oxygen atoms in total. The molecular weight excluding hydrogens is 334 g/mol. The Morgan fingerprint density at radius 2 is 1.48 bits per heavy atom. The van der Waals surface area contributed by atoms with Gasteiger partial charge in [-0.2, -0.15) is 0 Å². The summed E-state index contributed by atoms with van der Waals surface area (Å²) in [5.74, 6) is 0.325. The molecular formula is C21H28ClNO2. The summed E-state index contributed by atoms with van der Waals surface area (Å²) in [6.07, 6.45) is 0.780. The topological polar surface area (TPSA) is 43.7 Å². The minimum absolute atomic E-state index is 0.125. The lowest BCUT2D eigenvalue weighted by molar-refractivity contribution is 0.170. The zero-order chi connectivity index (χ0) is 18.6. The van der Waals surface area contributed by atoms with E-state index >= 15 is 0 Å². The number of rotatable bonds is 7. The Bertz CT molecular complexity index is 692. The normalized spacial score (nSPS) is 13.0. The Morgan fingerprint density at radius 3 is 2.08 bits per heavy atom. The molecule has 0 aliphatic heterocycles. The molecule has 0 aliphatic carbocycles. The molecule has 0 amide bonds. The van der Waals surface area contributed by atoms with Crippen LogP contribution in [0.5, 0.6) is 11.5 Å². The summed E-state index contributed by atoms with van der Waals surface area (Å²) in [7, 11) is 0. The molecule has 2 rings (SSSR count). The third-order valence-corrected chi connectivity index (χ3v) is 4.91. The smallest absolute Gasteiger partial charge is 0.119 e. The molecule has 136 valence electrons. The van der Waals surface area contributed by atoms with Crippen LogP contribution < -0.4 is 0 Å². The number of nitrogens with zero attached hydrogens (tertiary/aromatic N) is 1. The van der Waals surface area contributed by atoms with Gasteiger partial charge in [0.1, 0.15) is 11.5 Å². The fourth-order valence-corrected chi connectivity index (χ4v) is 3.64. The van der Waals surface area contributed by atoms with E-state index < -0.39 is 0 Å². The van der Waals surface area contributed by atoms with Crippen molar-refractivity contribution in [1.29, 1.82) is 0 Å². The minimum atomic E-state index is -0.125. The maximum absolute atomic E-state index is 10.4. The van der Waals surface area contributed by atoms with Gasteiger partial charge in [0.25, 0.3) is 0 Å². The van der Waals surface area contributed by atoms with Gasteiger partial charge in [0.2, 0.25) is 0 Å². The van der Waals surface area contributed by atoms with E-state index in [2.05, 4.69) is 32.6 Å². The standard InChI is InChI=1S/C21H28ClNO2/c1-14(2)23(15(3)4)12-11-17(18-7-5-6-8-20(18)24)19-13-16(22)9-10-21(19)25/h5-10,13-15,17,24-25H,11-12H2,1-4H3. The molecule has 0 aliphatic rings. The van der Waals surface area contributed by atoms with Crippen molar-refractivity contribution >= 4 is 11.6 Å². The second-order valence-electron chi connectivity index (χ2n) is 7.03. The summed E-state index contributed by atoms with van der Waals surface area (Å²) < 4.78 is 0. The lowest BCUT2D eigenvalue weighted by Gasteiger charge is -2.32. The molecule has 0 saturated heterocycles. The lowest BCUT2D eigenvalue weighted by atomic mass is 9.87. The molecule has 2 N–H and O–H groups in total. The van der Waals surface area contributed by atoms with Crippen LogP contribution in [0.4, 0.5) is 0 Å². The van der Waals surface area contributed by atoms with E-state index in [0.29, 0.717) is 17.1 Å². The van der Waals surface area contributed by atoms with Gasteiger partial charge >= 0.3 is 0 Å². The van der Waals surface area contributed by atoms with E-state index in [-0.39, 0.29) is 17.4 Å². The Morgan fingerprint density at radius 1 is 0.880 bits per heavy atom. The van der Waals surface area contributed by atoms with Crippen molar-refractivity contribution in [3.8, 4) is 11.5 Å². The predicted octanol–water partition coefficient (Wildman–Crippen LogP) is 5.39. The molecule has 0 fully saturated rings. The molecule has 0 aromatic heterocycles. The van der Waals surface area contributed by atoms with Crippen LogP contribution in [0.1, 0.15) is 51.2 Å². The average Bonchev–Trinajstić information content (AvgIpc) is 2.54. The Hall–Kier alpha value is -1.71. The van der Waals surface area contributed by atoms with Gasteiger partial charge in [0.15, 0.2) is 0 Å². The Labute approximate surface area is 155 Å². The van der Waals surface area contributed by atoms with E-state index in [9.17, 15) is 10.2 Å². The molecule has 0 spiro atoms. The van der Waals surface area contributed by atoms with Gasteiger partial charge in [-0.1, -0.05) is 29.8 Å². The minimum Gasteiger partial charge on any atom is -0.508 e. The number of benzene rings is 2. The molecule has 1 atom stereocenters. The predicted molar refractivity (Wildman–Crippen MR) is 105 cm³/mol. The van der Waals surface area contributed by atoms with E-state index in [1.54, 1.807) is 24.3 Å². The lowest BCUT2D eigenvalue weighted by Crippen LogP contribution is -2.38. The summed E-state index contributed by atoms with van der Waals surface area (Å²) >= 11 is 6.17. The largest absolute Gasteiger partial charge is 0.508 e. The van der Waals surface area contributed by atoms with Crippen molar-refractivity contribution in [3.63, 3.8) is 0 Å². The van der Waals surface area contributed by atoms with Gasteiger partial charge in [-0.3, -0.25) is 4.90 Å². The van der Waals surface area contributed by atoms with Crippen molar-refractivity contribution in [2.24, 2.45) is 0 Å². The number of aromatic hydroxyl groups is 2. The number of phenolic OH excluding ortho intramolecular Hbond substituents is 2. The monoisotopic (exact) mass is 361 g/mol. The van der Waals surface area contributed by atoms with Gasteiger partial charge in [0.05, 0.1) is 0 Å². The molecule has 0 bridgehead atoms. The molecule has 0 heterocycles. The molecule has 4 heteroatoms. The van der Waals surface area contributed by atoms with Gasteiger partial charge in [-0.25, -0.2) is 0 Å². The van der Waals surface area contributed by atoms with Crippen LogP contribution >= 0.6 is 11.6 Å². The van der Waals surface area contributed by atoms with E-state index in [1.807, 2.05) is 18.2 Å². The fraction of sp³-hybridized carbons (Fsp3) is 0.429. The summed E-state index contributed by atoms with van der Waals surface area (Å²) in [5.41, 5.74) is 1.56. The maximum atomic E-state index is 10.4. The number of halogens is 1. The van der Waals surface area contributed by atoms with Gasteiger partial charge in [-0.15, -0.1) is 0 Å². The molecule has 0 saturated carbocycles. The molecule has 25 heavy (non-hydrogen) atoms. The fourth-order valence-electron chi connectivity index (χ4n) is 3.46. The second kappa shape index (κ2) is 8.59. The molecule has 0 radical (unpaired) electrons. The van der Waals surface area contributed by atoms with Crippen molar-refractivity contribution in [2.45, 2.75) is 52.1 Å². The van der Waals surface area contributed by atoms with E-state index in [1.165, 1.54) is 0 Å².